The van der Waals surface area contributed by atoms with E-state index in [-0.39, 0.29) is 5.91 Å². The number of nitrogens with zero attached hydrogens (tertiary/aromatic N) is 7. The lowest BCUT2D eigenvalue weighted by Gasteiger charge is -2.52. The monoisotopic (exact) mass is 601 g/mol. The normalized spacial score (nSPS) is 17.0. The third kappa shape index (κ3) is 5.50. The predicted molar refractivity (Wildman–Crippen MR) is 176 cm³/mol. The van der Waals surface area contributed by atoms with Crippen LogP contribution in [0.2, 0.25) is 0 Å². The summed E-state index contributed by atoms with van der Waals surface area (Å²) in [5, 5.41) is 7.64. The number of nitrogen functional groups attached to an aromatic ring is 1. The summed E-state index contributed by atoms with van der Waals surface area (Å²) < 4.78 is 3.83. The Labute approximate surface area is 263 Å². The first-order valence-electron chi connectivity index (χ1n) is 15.8. The Morgan fingerprint density at radius 2 is 1.87 bits per heavy atom. The zero-order chi connectivity index (χ0) is 31.0. The molecule has 5 heterocycles. The fourth-order valence-corrected chi connectivity index (χ4v) is 7.14. The number of aryl methyl sites for hydroxylation is 2. The second-order valence-corrected chi connectivity index (χ2v) is 12.4. The van der Waals surface area contributed by atoms with Crippen molar-refractivity contribution in [2.24, 2.45) is 5.41 Å². The fraction of sp³-hybridized carbons (Fsp3) is 0.343. The van der Waals surface area contributed by atoms with Crippen LogP contribution in [0.25, 0.3) is 34.1 Å². The number of fused-ring (bicyclic) bond motifs is 2. The molecule has 1 saturated carbocycles. The maximum atomic E-state index is 11.4. The lowest BCUT2D eigenvalue weighted by atomic mass is 9.60. The number of rotatable bonds is 5. The molecule has 1 aliphatic heterocycles. The first kappa shape index (κ1) is 28.9. The molecule has 2 fully saturated rings. The molecule has 10 heteroatoms. The van der Waals surface area contributed by atoms with E-state index < -0.39 is 0 Å². The molecule has 0 bridgehead atoms. The molecule has 3 N–H and O–H groups in total. The largest absolute Gasteiger partial charge is 0.383 e. The van der Waals surface area contributed by atoms with E-state index in [0.29, 0.717) is 17.3 Å². The summed E-state index contributed by atoms with van der Waals surface area (Å²) in [7, 11) is 2.04. The Hall–Kier alpha value is -4.83. The van der Waals surface area contributed by atoms with Crippen LogP contribution in [0.15, 0.2) is 79.8 Å². The molecule has 5 aromatic rings. The average Bonchev–Trinajstić information content (AvgIpc) is 3.83. The Morgan fingerprint density at radius 3 is 2.60 bits per heavy atom. The fourth-order valence-electron chi connectivity index (χ4n) is 7.14. The summed E-state index contributed by atoms with van der Waals surface area (Å²) in [4.78, 5) is 27.4. The van der Waals surface area contributed by atoms with Crippen molar-refractivity contribution in [1.29, 1.82) is 0 Å². The highest BCUT2D eigenvalue weighted by Gasteiger charge is 2.45. The lowest BCUT2D eigenvalue weighted by molar-refractivity contribution is -0.129. The first-order chi connectivity index (χ1) is 22.0. The molecular weight excluding hydrogens is 562 g/mol. The summed E-state index contributed by atoms with van der Waals surface area (Å²) in [6, 6.07) is 16.9. The maximum absolute atomic E-state index is 11.4. The summed E-state index contributed by atoms with van der Waals surface area (Å²) in [5.41, 5.74) is 13.0. The van der Waals surface area contributed by atoms with Gasteiger partial charge in [-0.15, -0.1) is 0 Å². The van der Waals surface area contributed by atoms with Crippen LogP contribution in [0.5, 0.6) is 0 Å². The number of carbonyl (C=O) groups is 1. The van der Waals surface area contributed by atoms with E-state index in [1.54, 1.807) is 17.1 Å². The minimum absolute atomic E-state index is 0.0920. The minimum Gasteiger partial charge on any atom is -0.383 e. The van der Waals surface area contributed by atoms with Crippen molar-refractivity contribution >= 4 is 22.9 Å². The predicted octanol–water partition coefficient (Wildman–Crippen LogP) is 4.90. The van der Waals surface area contributed by atoms with Crippen molar-refractivity contribution in [3.63, 3.8) is 0 Å². The standard InChI is InChI=1S/C23H19N7.C12H20N2O/c24-21-18(6-2-11-25-21)22-27-19-9-10-20(29-13-3-12-26-29)28-23(19)30(22)17-8-7-15-4-1-5-16(15)14-17;1-3-11(15)14-6-4-12(5-7-14)8-10(9-12)13-2/h2-3,6-14H,1,4-5H2,(H2,24,25);3,10,13H,1,4-9H2,2H3. The number of pyridine rings is 2. The molecule has 10 nitrogen and oxygen atoms in total. The molecular formula is C35H39N9O. The minimum atomic E-state index is 0.0920. The van der Waals surface area contributed by atoms with E-state index >= 15 is 0 Å². The van der Waals surface area contributed by atoms with Crippen molar-refractivity contribution < 1.29 is 4.79 Å². The Bertz CT molecular complexity index is 1840. The molecule has 1 spiro atoms. The van der Waals surface area contributed by atoms with Gasteiger partial charge in [0.25, 0.3) is 0 Å². The van der Waals surface area contributed by atoms with Gasteiger partial charge < -0.3 is 16.0 Å². The number of aromatic nitrogens is 6. The van der Waals surface area contributed by atoms with E-state index in [1.165, 1.54) is 49.3 Å². The lowest BCUT2D eigenvalue weighted by Crippen LogP contribution is -2.53. The highest BCUT2D eigenvalue weighted by atomic mass is 16.2. The quantitative estimate of drug-likeness (QED) is 0.275. The van der Waals surface area contributed by atoms with E-state index in [4.69, 9.17) is 15.7 Å². The number of nitrogens with two attached hydrogens (primary N) is 1. The van der Waals surface area contributed by atoms with E-state index in [0.717, 1.165) is 60.0 Å². The number of carbonyl (C=O) groups excluding carboxylic acids is 1. The van der Waals surface area contributed by atoms with Crippen LogP contribution in [-0.2, 0) is 17.6 Å². The molecule has 4 aromatic heterocycles. The number of piperidine rings is 1. The van der Waals surface area contributed by atoms with Gasteiger partial charge in [-0.1, -0.05) is 12.6 Å². The van der Waals surface area contributed by atoms with Gasteiger partial charge in [0, 0.05) is 43.4 Å². The van der Waals surface area contributed by atoms with Crippen molar-refractivity contribution in [1.82, 2.24) is 39.5 Å². The molecule has 1 saturated heterocycles. The second-order valence-electron chi connectivity index (χ2n) is 12.4. The number of amides is 1. The summed E-state index contributed by atoms with van der Waals surface area (Å²) in [5.74, 6) is 2.01. The number of anilines is 1. The Morgan fingerprint density at radius 1 is 1.04 bits per heavy atom. The van der Waals surface area contributed by atoms with Gasteiger partial charge in [-0.25, -0.2) is 19.6 Å². The highest BCUT2D eigenvalue weighted by molar-refractivity contribution is 5.87. The summed E-state index contributed by atoms with van der Waals surface area (Å²) >= 11 is 0. The molecule has 2 aliphatic carbocycles. The second kappa shape index (κ2) is 11.9. The van der Waals surface area contributed by atoms with Crippen LogP contribution in [0.3, 0.4) is 0 Å². The molecule has 0 unspecified atom stereocenters. The van der Waals surface area contributed by atoms with Crippen molar-refractivity contribution in [2.75, 3.05) is 25.9 Å². The van der Waals surface area contributed by atoms with Crippen molar-refractivity contribution in [3.8, 4) is 22.9 Å². The van der Waals surface area contributed by atoms with Crippen LogP contribution < -0.4 is 11.1 Å². The first-order valence-corrected chi connectivity index (χ1v) is 15.8. The third-order valence-corrected chi connectivity index (χ3v) is 9.73. The molecule has 0 atom stereocenters. The van der Waals surface area contributed by atoms with Crippen LogP contribution in [-0.4, -0.2) is 66.3 Å². The topological polar surface area (TPSA) is 120 Å². The van der Waals surface area contributed by atoms with E-state index in [9.17, 15) is 4.79 Å². The van der Waals surface area contributed by atoms with Crippen LogP contribution >= 0.6 is 0 Å². The Kier molecular flexibility index (Phi) is 7.66. The van der Waals surface area contributed by atoms with Crippen LogP contribution in [0, 0.1) is 5.41 Å². The Balaban J connectivity index is 0.000000183. The number of likely N-dealkylation sites (tertiary alicyclic amines) is 1. The van der Waals surface area contributed by atoms with E-state index in [1.807, 2.05) is 48.5 Å². The number of hydrogen-bond donors (Lipinski definition) is 2. The van der Waals surface area contributed by atoms with Crippen LogP contribution in [0.4, 0.5) is 5.82 Å². The summed E-state index contributed by atoms with van der Waals surface area (Å²) in [6.45, 7) is 5.37. The smallest absolute Gasteiger partial charge is 0.245 e. The number of imidazole rings is 1. The SMILES string of the molecule is C=CC(=O)N1CCC2(CC1)CC(NC)C2.Nc1ncccc1-c1nc2ccc(-n3cccn3)nc2n1-c1ccc2c(c1)CCC2. The van der Waals surface area contributed by atoms with Crippen LogP contribution in [0.1, 0.15) is 43.2 Å². The van der Waals surface area contributed by atoms with Crippen molar-refractivity contribution in [2.45, 2.75) is 51.0 Å². The van der Waals surface area contributed by atoms with E-state index in [2.05, 4.69) is 44.7 Å². The van der Waals surface area contributed by atoms with Gasteiger partial charge in [-0.2, -0.15) is 5.10 Å². The molecule has 1 amide bonds. The number of hydrogen-bond acceptors (Lipinski definition) is 7. The van der Waals surface area contributed by atoms with Gasteiger partial charge in [0.15, 0.2) is 17.3 Å². The molecule has 45 heavy (non-hydrogen) atoms. The molecule has 8 rings (SSSR count). The van der Waals surface area contributed by atoms with Gasteiger partial charge in [0.1, 0.15) is 11.3 Å². The van der Waals surface area contributed by atoms with Gasteiger partial charge >= 0.3 is 0 Å². The zero-order valence-electron chi connectivity index (χ0n) is 25.7. The van der Waals surface area contributed by atoms with Gasteiger partial charge in [-0.3, -0.25) is 9.36 Å². The molecule has 0 radical (unpaired) electrons. The molecule has 1 aromatic carbocycles. The number of nitrogens with one attached hydrogen (secondary N) is 1. The maximum Gasteiger partial charge on any atom is 0.245 e. The zero-order valence-corrected chi connectivity index (χ0v) is 25.7. The van der Waals surface area contributed by atoms with Crippen molar-refractivity contribution in [3.05, 3.63) is 90.9 Å². The summed E-state index contributed by atoms with van der Waals surface area (Å²) in [6.07, 6.45) is 15.1. The highest BCUT2D eigenvalue weighted by Crippen LogP contribution is 2.49. The van der Waals surface area contributed by atoms with Gasteiger partial charge in [0.05, 0.1) is 5.56 Å². The van der Waals surface area contributed by atoms with Gasteiger partial charge in [-0.05, 0) is 117 Å². The molecule has 3 aliphatic rings. The average molecular weight is 602 g/mol. The third-order valence-electron chi connectivity index (χ3n) is 9.73. The molecule has 230 valence electrons. The number of benzene rings is 1. The van der Waals surface area contributed by atoms with Gasteiger partial charge in [0.2, 0.25) is 5.91 Å².